The van der Waals surface area contributed by atoms with Crippen molar-refractivity contribution in [2.45, 2.75) is 16.0 Å². The van der Waals surface area contributed by atoms with Gasteiger partial charge in [-0.3, -0.25) is 14.5 Å². The zero-order valence-electron chi connectivity index (χ0n) is 20.6. The molecule has 0 radical (unpaired) electrons. The predicted octanol–water partition coefficient (Wildman–Crippen LogP) is 0.305. The Bertz CT molecular complexity index is 1700. The molecule has 41 heavy (non-hydrogen) atoms. The van der Waals surface area contributed by atoms with E-state index in [4.69, 9.17) is 5.73 Å². The maximum atomic E-state index is 13.0. The topological polar surface area (TPSA) is 205 Å². The molecular formula is C22H19N10O5S4+. The lowest BCUT2D eigenvalue weighted by Crippen LogP contribution is -2.71. The van der Waals surface area contributed by atoms with Gasteiger partial charge in [0, 0.05) is 34.5 Å². The fourth-order valence-corrected chi connectivity index (χ4v) is 8.23. The van der Waals surface area contributed by atoms with Gasteiger partial charge in [0.2, 0.25) is 11.5 Å². The molecule has 6 rings (SSSR count). The van der Waals surface area contributed by atoms with Crippen LogP contribution >= 0.6 is 46.8 Å². The molecule has 5 N–H and O–H groups in total. The van der Waals surface area contributed by atoms with Crippen molar-refractivity contribution in [3.63, 3.8) is 0 Å². The van der Waals surface area contributed by atoms with Crippen LogP contribution in [0, 0.1) is 0 Å². The maximum absolute atomic E-state index is 13.0. The molecule has 0 bridgehead atoms. The number of carboxylic acid groups (broad SMARTS) is 1. The highest BCUT2D eigenvalue weighted by Crippen LogP contribution is 2.42. The second-order valence-electron chi connectivity index (χ2n) is 8.59. The standard InChI is InChI=1S/C22H18N10O5S4/c23-22-27-17(29-41-22)14(28-37)18(33)26-15-19(34)32-16(21(35)36)10(8-40-20(15)32)7-38-13-6-24-11(9-39-13)30-4-5-31-12(30)2-1-3-25-31/h1-6,9,13,15,20H,7-8H2,(H4-,23,26,27,29,33,35,36,37)/p+1/t13?,15-,20?/m1/s1. The highest BCUT2D eigenvalue weighted by atomic mass is 32.2. The average Bonchev–Trinajstić information content (AvgIpc) is 3.61. The van der Waals surface area contributed by atoms with E-state index in [1.807, 2.05) is 40.7 Å². The van der Waals surface area contributed by atoms with Crippen molar-refractivity contribution in [3.8, 4) is 0 Å². The Kier molecular flexibility index (Phi) is 7.41. The van der Waals surface area contributed by atoms with Crippen molar-refractivity contribution in [1.82, 2.24) is 29.2 Å². The SMILES string of the molecule is Nc1nc(/C(=N/O)C(=O)N[C@@H]2C(=O)N3C(C(=O)O)=C(CSC4C=NC([n+]5ccn6ncccc65)=CS4)CSC23)ns1. The summed E-state index contributed by atoms with van der Waals surface area (Å²) in [5.41, 5.74) is 6.41. The van der Waals surface area contributed by atoms with E-state index in [1.165, 1.54) is 28.4 Å². The third-order valence-corrected chi connectivity index (χ3v) is 10.5. The van der Waals surface area contributed by atoms with Crippen LogP contribution in [-0.2, 0) is 14.4 Å². The number of β-lactam (4-membered cyclic amide) rings is 1. The van der Waals surface area contributed by atoms with Crippen LogP contribution in [0.4, 0.5) is 5.13 Å². The van der Waals surface area contributed by atoms with Gasteiger partial charge < -0.3 is 21.4 Å². The van der Waals surface area contributed by atoms with E-state index in [2.05, 4.69) is 29.9 Å². The van der Waals surface area contributed by atoms with E-state index < -0.39 is 34.9 Å². The number of carboxylic acids is 1. The predicted molar refractivity (Wildman–Crippen MR) is 154 cm³/mol. The first-order valence-electron chi connectivity index (χ1n) is 11.7. The molecule has 15 nitrogen and oxygen atoms in total. The highest BCUT2D eigenvalue weighted by Gasteiger charge is 2.54. The number of imidazole rings is 1. The Morgan fingerprint density at radius 1 is 1.37 bits per heavy atom. The van der Waals surface area contributed by atoms with Gasteiger partial charge in [0.05, 0.1) is 6.20 Å². The largest absolute Gasteiger partial charge is 0.477 e. The van der Waals surface area contributed by atoms with E-state index >= 15 is 0 Å². The minimum Gasteiger partial charge on any atom is -0.477 e. The van der Waals surface area contributed by atoms with Crippen LogP contribution < -0.4 is 15.6 Å². The number of thioether (sulfide) groups is 3. The van der Waals surface area contributed by atoms with Gasteiger partial charge in [0.1, 0.15) is 40.3 Å². The van der Waals surface area contributed by atoms with Crippen LogP contribution in [0.25, 0.3) is 11.5 Å². The third kappa shape index (κ3) is 5.04. The summed E-state index contributed by atoms with van der Waals surface area (Å²) in [4.78, 5) is 47.5. The van der Waals surface area contributed by atoms with E-state index in [9.17, 15) is 24.7 Å². The molecule has 3 aliphatic rings. The number of nitrogens with two attached hydrogens (primary N) is 1. The summed E-state index contributed by atoms with van der Waals surface area (Å²) in [7, 11) is 0. The summed E-state index contributed by atoms with van der Waals surface area (Å²) in [6.07, 6.45) is 7.23. The molecule has 210 valence electrons. The van der Waals surface area contributed by atoms with Gasteiger partial charge in [0.15, 0.2) is 5.13 Å². The first kappa shape index (κ1) is 27.2. The lowest BCUT2D eigenvalue weighted by atomic mass is 10.0. The number of amides is 2. The number of aliphatic carboxylic acids is 1. The number of aromatic nitrogens is 5. The number of anilines is 1. The van der Waals surface area contributed by atoms with Crippen LogP contribution in [0.2, 0.25) is 0 Å². The molecule has 3 atom stereocenters. The van der Waals surface area contributed by atoms with Gasteiger partial charge in [0.25, 0.3) is 23.3 Å². The monoisotopic (exact) mass is 631 g/mol. The minimum absolute atomic E-state index is 0.0553. The summed E-state index contributed by atoms with van der Waals surface area (Å²) < 4.78 is 7.45. The van der Waals surface area contributed by atoms with Crippen LogP contribution in [0.15, 0.2) is 57.5 Å². The number of aliphatic imine (C=N–C) groups is 1. The lowest BCUT2D eigenvalue weighted by Gasteiger charge is -2.49. The number of hydrogen-bond acceptors (Lipinski definition) is 14. The van der Waals surface area contributed by atoms with Gasteiger partial charge in [-0.1, -0.05) is 5.16 Å². The molecule has 19 heteroatoms. The van der Waals surface area contributed by atoms with Crippen LogP contribution in [0.3, 0.4) is 0 Å². The van der Waals surface area contributed by atoms with Crippen molar-refractivity contribution >= 4 is 93.1 Å². The van der Waals surface area contributed by atoms with E-state index in [-0.39, 0.29) is 21.2 Å². The van der Waals surface area contributed by atoms with E-state index in [0.29, 0.717) is 17.1 Å². The molecule has 0 saturated carbocycles. The van der Waals surface area contributed by atoms with E-state index in [0.717, 1.165) is 23.0 Å². The zero-order valence-corrected chi connectivity index (χ0v) is 23.9. The number of fused-ring (bicyclic) bond motifs is 2. The number of hydrogen-bond donors (Lipinski definition) is 4. The number of nitrogens with one attached hydrogen (secondary N) is 1. The van der Waals surface area contributed by atoms with Gasteiger partial charge in [-0.15, -0.1) is 49.9 Å². The fourth-order valence-electron chi connectivity index (χ4n) is 4.32. The number of rotatable bonds is 8. The number of nitrogens with zero attached hydrogens (tertiary/aromatic N) is 8. The number of carbonyl (C=O) groups is 3. The van der Waals surface area contributed by atoms with Crippen LogP contribution in [0.1, 0.15) is 5.82 Å². The van der Waals surface area contributed by atoms with Crippen LogP contribution in [0.5, 0.6) is 0 Å². The Morgan fingerprint density at radius 2 is 2.22 bits per heavy atom. The smallest absolute Gasteiger partial charge is 0.352 e. The summed E-state index contributed by atoms with van der Waals surface area (Å²) in [6, 6.07) is 2.77. The molecule has 1 saturated heterocycles. The second-order valence-corrected chi connectivity index (χ2v) is 12.9. The summed E-state index contributed by atoms with van der Waals surface area (Å²) in [6.45, 7) is 0. The first-order valence-corrected chi connectivity index (χ1v) is 15.6. The lowest BCUT2D eigenvalue weighted by molar-refractivity contribution is -0.553. The number of carbonyl (C=O) groups excluding carboxylic acids is 2. The second kappa shape index (κ2) is 11.1. The number of oxime groups is 1. The molecule has 0 spiro atoms. The van der Waals surface area contributed by atoms with Gasteiger partial charge in [-0.25, -0.2) is 4.79 Å². The van der Waals surface area contributed by atoms with Crippen LogP contribution in [-0.4, -0.2) is 91.4 Å². The summed E-state index contributed by atoms with van der Waals surface area (Å²) >= 11 is 5.22. The van der Waals surface area contributed by atoms with Crippen molar-refractivity contribution in [2.75, 3.05) is 17.2 Å². The molecule has 0 aromatic carbocycles. The molecule has 3 aromatic heterocycles. The molecule has 3 aliphatic heterocycles. The Hall–Kier alpha value is -3.94. The number of nitrogen functional groups attached to an aromatic ring is 1. The minimum atomic E-state index is -1.22. The Labute approximate surface area is 247 Å². The zero-order chi connectivity index (χ0) is 28.7. The van der Waals surface area contributed by atoms with Crippen molar-refractivity contribution in [1.29, 1.82) is 0 Å². The third-order valence-electron chi connectivity index (χ3n) is 6.17. The highest BCUT2D eigenvalue weighted by molar-refractivity contribution is 8.19. The summed E-state index contributed by atoms with van der Waals surface area (Å²) in [5.74, 6) is -1.38. The molecule has 6 heterocycles. The van der Waals surface area contributed by atoms with Gasteiger partial charge >= 0.3 is 5.97 Å². The maximum Gasteiger partial charge on any atom is 0.352 e. The van der Waals surface area contributed by atoms with Gasteiger partial charge in [-0.2, -0.15) is 13.9 Å². The van der Waals surface area contributed by atoms with Crippen molar-refractivity contribution in [3.05, 3.63) is 53.2 Å². The summed E-state index contributed by atoms with van der Waals surface area (Å²) in [5, 5.41) is 30.3. The average molecular weight is 632 g/mol. The normalized spacial score (nSPS) is 22.4. The molecule has 2 amide bonds. The van der Waals surface area contributed by atoms with E-state index in [1.54, 1.807) is 22.5 Å². The molecule has 1 fully saturated rings. The van der Waals surface area contributed by atoms with Gasteiger partial charge in [-0.05, 0) is 11.6 Å². The van der Waals surface area contributed by atoms with Crippen molar-refractivity contribution < 1.29 is 29.3 Å². The Morgan fingerprint density at radius 3 is 2.93 bits per heavy atom. The van der Waals surface area contributed by atoms with Crippen molar-refractivity contribution in [2.24, 2.45) is 10.1 Å². The first-order chi connectivity index (χ1) is 19.9. The Balaban J connectivity index is 1.10. The molecule has 0 aliphatic carbocycles. The molecule has 2 unspecified atom stereocenters. The fraction of sp³-hybridized carbons (Fsp3) is 0.227. The molecule has 3 aromatic rings. The quantitative estimate of drug-likeness (QED) is 0.0872. The molecular weight excluding hydrogens is 613 g/mol.